The number of hydrogen-bond donors (Lipinski definition) is 0. The second-order valence-corrected chi connectivity index (χ2v) is 9.91. The Hall–Kier alpha value is -2.03. The van der Waals surface area contributed by atoms with Crippen molar-refractivity contribution in [3.63, 3.8) is 0 Å². The molecular formula is C19H17BrN2O3S2. The van der Waals surface area contributed by atoms with Gasteiger partial charge in [-0.2, -0.15) is 4.99 Å². The van der Waals surface area contributed by atoms with Crippen LogP contribution in [0.5, 0.6) is 0 Å². The molecular weight excluding hydrogens is 448 g/mol. The first-order chi connectivity index (χ1) is 12.9. The Morgan fingerprint density at radius 1 is 1.22 bits per heavy atom. The van der Waals surface area contributed by atoms with Crippen molar-refractivity contribution in [3.8, 4) is 0 Å². The minimum atomic E-state index is -3.59. The number of nitrogens with zero attached hydrogens (tertiary/aromatic N) is 2. The lowest BCUT2D eigenvalue weighted by Crippen LogP contribution is -2.21. The van der Waals surface area contributed by atoms with E-state index in [2.05, 4.69) is 27.5 Å². The summed E-state index contributed by atoms with van der Waals surface area (Å²) in [5.74, 6) is -1.47. The standard InChI is InChI=1S/C19H17BrN2O3S2/c1-2-10-22-16-9-8-15(20)11-17(16)26-19(22)21-18(23)13-27(24,25)12-14-6-4-3-5-7-14/h2-9,11H,1,10,12-13H2. The Morgan fingerprint density at radius 3 is 2.67 bits per heavy atom. The van der Waals surface area contributed by atoms with Crippen LogP contribution >= 0.6 is 27.3 Å². The molecule has 8 heteroatoms. The number of fused-ring (bicyclic) bond motifs is 1. The van der Waals surface area contributed by atoms with Gasteiger partial charge in [0.2, 0.25) is 0 Å². The Morgan fingerprint density at radius 2 is 1.96 bits per heavy atom. The first kappa shape index (κ1) is 19.7. The lowest BCUT2D eigenvalue weighted by atomic mass is 10.2. The highest BCUT2D eigenvalue weighted by Crippen LogP contribution is 2.22. The van der Waals surface area contributed by atoms with Crippen LogP contribution < -0.4 is 4.80 Å². The number of rotatable bonds is 6. The number of carbonyl (C=O) groups excluding carboxylic acids is 1. The summed E-state index contributed by atoms with van der Waals surface area (Å²) < 4.78 is 28.4. The maximum Gasteiger partial charge on any atom is 0.263 e. The Balaban J connectivity index is 1.90. The number of aromatic nitrogens is 1. The molecule has 1 heterocycles. The molecule has 27 heavy (non-hydrogen) atoms. The highest BCUT2D eigenvalue weighted by atomic mass is 79.9. The first-order valence-corrected chi connectivity index (χ1v) is 11.5. The molecule has 1 amide bonds. The molecule has 0 aliphatic rings. The number of amides is 1. The lowest BCUT2D eigenvalue weighted by Gasteiger charge is -2.03. The molecule has 2 aromatic carbocycles. The maximum atomic E-state index is 12.3. The van der Waals surface area contributed by atoms with Crippen LogP contribution in [0.1, 0.15) is 5.56 Å². The summed E-state index contributed by atoms with van der Waals surface area (Å²) in [5.41, 5.74) is 1.57. The maximum absolute atomic E-state index is 12.3. The van der Waals surface area contributed by atoms with E-state index in [1.54, 1.807) is 30.3 Å². The number of allylic oxidation sites excluding steroid dienone is 1. The molecule has 0 atom stereocenters. The molecule has 5 nitrogen and oxygen atoms in total. The third-order valence-electron chi connectivity index (χ3n) is 3.75. The zero-order chi connectivity index (χ0) is 19.4. The number of sulfone groups is 1. The van der Waals surface area contributed by atoms with Gasteiger partial charge in [-0.1, -0.05) is 63.7 Å². The molecule has 0 bridgehead atoms. The summed E-state index contributed by atoms with van der Waals surface area (Å²) in [7, 11) is -3.59. The van der Waals surface area contributed by atoms with Crippen molar-refractivity contribution in [2.75, 3.05) is 5.75 Å². The molecule has 0 saturated heterocycles. The fraction of sp³-hybridized carbons (Fsp3) is 0.158. The van der Waals surface area contributed by atoms with E-state index in [0.717, 1.165) is 14.7 Å². The van der Waals surface area contributed by atoms with Gasteiger partial charge >= 0.3 is 0 Å². The van der Waals surface area contributed by atoms with E-state index in [-0.39, 0.29) is 5.75 Å². The smallest absolute Gasteiger partial charge is 0.263 e. The van der Waals surface area contributed by atoms with Crippen molar-refractivity contribution in [2.45, 2.75) is 12.3 Å². The average Bonchev–Trinajstić information content (AvgIpc) is 2.91. The van der Waals surface area contributed by atoms with Crippen LogP contribution in [-0.2, 0) is 26.9 Å². The molecule has 0 aliphatic carbocycles. The van der Waals surface area contributed by atoms with E-state index in [9.17, 15) is 13.2 Å². The summed E-state index contributed by atoms with van der Waals surface area (Å²) in [5, 5.41) is 0. The highest BCUT2D eigenvalue weighted by molar-refractivity contribution is 9.10. The second-order valence-electron chi connectivity index (χ2n) is 5.92. The van der Waals surface area contributed by atoms with Gasteiger partial charge in [0.05, 0.1) is 16.0 Å². The highest BCUT2D eigenvalue weighted by Gasteiger charge is 2.17. The van der Waals surface area contributed by atoms with E-state index in [4.69, 9.17) is 0 Å². The topological polar surface area (TPSA) is 68.5 Å². The SMILES string of the molecule is C=CCn1c(=NC(=O)CS(=O)(=O)Cc2ccccc2)sc2cc(Br)ccc21. The zero-order valence-corrected chi connectivity index (χ0v) is 17.6. The minimum absolute atomic E-state index is 0.179. The van der Waals surface area contributed by atoms with E-state index in [1.807, 2.05) is 28.8 Å². The number of carbonyl (C=O) groups is 1. The van der Waals surface area contributed by atoms with Gasteiger partial charge in [-0.05, 0) is 23.8 Å². The van der Waals surface area contributed by atoms with Crippen LogP contribution in [0.4, 0.5) is 0 Å². The molecule has 3 aromatic rings. The van der Waals surface area contributed by atoms with Gasteiger partial charge in [-0.3, -0.25) is 4.79 Å². The van der Waals surface area contributed by atoms with Crippen molar-refractivity contribution < 1.29 is 13.2 Å². The molecule has 0 unspecified atom stereocenters. The van der Waals surface area contributed by atoms with Crippen molar-refractivity contribution >= 4 is 53.2 Å². The third kappa shape index (κ3) is 5.03. The van der Waals surface area contributed by atoms with Crippen LogP contribution in [0.2, 0.25) is 0 Å². The molecule has 0 saturated carbocycles. The largest absolute Gasteiger partial charge is 0.313 e. The van der Waals surface area contributed by atoms with Crippen molar-refractivity contribution in [1.29, 1.82) is 0 Å². The van der Waals surface area contributed by atoms with Gasteiger partial charge in [0, 0.05) is 11.0 Å². The lowest BCUT2D eigenvalue weighted by molar-refractivity contribution is -0.115. The zero-order valence-electron chi connectivity index (χ0n) is 14.3. The molecule has 3 rings (SSSR count). The summed E-state index contributed by atoms with van der Waals surface area (Å²) >= 11 is 4.77. The van der Waals surface area contributed by atoms with Crippen LogP contribution in [0, 0.1) is 0 Å². The summed E-state index contributed by atoms with van der Waals surface area (Å²) in [6, 6.07) is 14.6. The molecule has 0 N–H and O–H groups in total. The normalized spacial score (nSPS) is 12.4. The molecule has 0 spiro atoms. The van der Waals surface area contributed by atoms with Crippen molar-refractivity contribution in [3.05, 3.63) is 76.0 Å². The van der Waals surface area contributed by atoms with Crippen LogP contribution in [0.25, 0.3) is 10.2 Å². The fourth-order valence-corrected chi connectivity index (χ4v) is 5.50. The van der Waals surface area contributed by atoms with E-state index < -0.39 is 21.5 Å². The quantitative estimate of drug-likeness (QED) is 0.522. The molecule has 0 radical (unpaired) electrons. The van der Waals surface area contributed by atoms with E-state index >= 15 is 0 Å². The van der Waals surface area contributed by atoms with Gasteiger partial charge in [0.15, 0.2) is 14.6 Å². The van der Waals surface area contributed by atoms with Crippen molar-refractivity contribution in [1.82, 2.24) is 4.57 Å². The summed E-state index contributed by atoms with van der Waals surface area (Å²) in [4.78, 5) is 16.9. The second kappa shape index (κ2) is 8.33. The van der Waals surface area contributed by atoms with Gasteiger partial charge in [0.25, 0.3) is 5.91 Å². The molecule has 0 aliphatic heterocycles. The number of hydrogen-bond acceptors (Lipinski definition) is 4. The predicted molar refractivity (Wildman–Crippen MR) is 112 cm³/mol. The van der Waals surface area contributed by atoms with Gasteiger partial charge in [-0.25, -0.2) is 8.42 Å². The van der Waals surface area contributed by atoms with Crippen LogP contribution in [-0.4, -0.2) is 24.6 Å². The minimum Gasteiger partial charge on any atom is -0.313 e. The summed E-state index contributed by atoms with van der Waals surface area (Å²) in [6.07, 6.45) is 1.71. The van der Waals surface area contributed by atoms with Gasteiger partial charge in [-0.15, -0.1) is 6.58 Å². The van der Waals surface area contributed by atoms with Crippen LogP contribution in [0.15, 0.2) is 70.7 Å². The van der Waals surface area contributed by atoms with Crippen molar-refractivity contribution in [2.24, 2.45) is 4.99 Å². The predicted octanol–water partition coefficient (Wildman–Crippen LogP) is 3.69. The fourth-order valence-electron chi connectivity index (χ4n) is 2.64. The molecule has 140 valence electrons. The monoisotopic (exact) mass is 464 g/mol. The molecule has 1 aromatic heterocycles. The number of halogens is 1. The molecule has 0 fully saturated rings. The van der Waals surface area contributed by atoms with E-state index in [0.29, 0.717) is 16.9 Å². The Kier molecular flexibility index (Phi) is 6.08. The van der Waals surface area contributed by atoms with E-state index in [1.165, 1.54) is 11.3 Å². The number of thiazole rings is 1. The number of benzene rings is 2. The first-order valence-electron chi connectivity index (χ1n) is 8.10. The Labute approximate surface area is 169 Å². The Bertz CT molecular complexity index is 1160. The average molecular weight is 465 g/mol. The van der Waals surface area contributed by atoms with Gasteiger partial charge < -0.3 is 4.57 Å². The summed E-state index contributed by atoms with van der Waals surface area (Å²) in [6.45, 7) is 4.22. The van der Waals surface area contributed by atoms with Crippen LogP contribution in [0.3, 0.4) is 0 Å². The third-order valence-corrected chi connectivity index (χ3v) is 6.74. The van der Waals surface area contributed by atoms with Gasteiger partial charge in [0.1, 0.15) is 5.75 Å².